The first-order valence-corrected chi connectivity index (χ1v) is 11.2. The average molecular weight is 468 g/mol. The van der Waals surface area contributed by atoms with Crippen molar-refractivity contribution in [3.05, 3.63) is 58.7 Å². The molecule has 1 aliphatic heterocycles. The Morgan fingerprint density at radius 3 is 2.59 bits per heavy atom. The highest BCUT2D eigenvalue weighted by atomic mass is 19.4. The van der Waals surface area contributed by atoms with Crippen molar-refractivity contribution in [1.29, 1.82) is 5.26 Å². The summed E-state index contributed by atoms with van der Waals surface area (Å²) in [5.41, 5.74) is 1.50. The zero-order chi connectivity index (χ0) is 24.5. The van der Waals surface area contributed by atoms with Crippen LogP contribution in [0.3, 0.4) is 0 Å². The lowest BCUT2D eigenvalue weighted by Crippen LogP contribution is -2.45. The number of halogens is 3. The fourth-order valence-electron chi connectivity index (χ4n) is 4.56. The lowest BCUT2D eigenvalue weighted by molar-refractivity contribution is -0.137. The van der Waals surface area contributed by atoms with Crippen molar-refractivity contribution < 1.29 is 27.7 Å². The number of hydrogen-bond acceptors (Lipinski definition) is 5. The van der Waals surface area contributed by atoms with Gasteiger partial charge < -0.3 is 14.6 Å². The number of allylic oxidation sites excluding steroid dienone is 1. The second-order valence-electron chi connectivity index (χ2n) is 8.68. The van der Waals surface area contributed by atoms with E-state index in [1.54, 1.807) is 31.1 Å². The molecule has 1 aliphatic carbocycles. The van der Waals surface area contributed by atoms with Crippen LogP contribution in [-0.2, 0) is 17.4 Å². The zero-order valence-corrected chi connectivity index (χ0v) is 18.7. The molecule has 2 aromatic rings. The lowest BCUT2D eigenvalue weighted by Gasteiger charge is -2.33. The molecule has 9 heteroatoms. The maximum atomic E-state index is 13.8. The Hall–Kier alpha value is -3.09. The van der Waals surface area contributed by atoms with Gasteiger partial charge in [0.1, 0.15) is 11.9 Å². The van der Waals surface area contributed by atoms with Crippen molar-refractivity contribution >= 4 is 18.9 Å². The summed E-state index contributed by atoms with van der Waals surface area (Å²) in [7, 11) is -0.565. The lowest BCUT2D eigenvalue weighted by atomic mass is 9.82. The molecule has 0 saturated carbocycles. The number of alkyl halides is 3. The third-order valence-electron chi connectivity index (χ3n) is 6.37. The Morgan fingerprint density at radius 1 is 1.24 bits per heavy atom. The monoisotopic (exact) mass is 468 g/mol. The van der Waals surface area contributed by atoms with Crippen molar-refractivity contribution in [2.24, 2.45) is 0 Å². The molecular formula is C25H24BF3N2O3. The molecule has 0 spiro atoms. The van der Waals surface area contributed by atoms with Gasteiger partial charge in [0.2, 0.25) is 0 Å². The summed E-state index contributed by atoms with van der Waals surface area (Å²) in [6.45, 7) is 2.94. The normalized spacial score (nSPS) is 16.5. The van der Waals surface area contributed by atoms with Crippen molar-refractivity contribution in [2.75, 3.05) is 13.1 Å². The molecule has 0 radical (unpaired) electrons. The molecule has 2 aliphatic rings. The van der Waals surface area contributed by atoms with E-state index in [0.717, 1.165) is 11.6 Å². The third kappa shape index (κ3) is 5.03. The quantitative estimate of drug-likeness (QED) is 0.620. The first-order chi connectivity index (χ1) is 16.2. The molecule has 0 unspecified atom stereocenters. The summed E-state index contributed by atoms with van der Waals surface area (Å²) >= 11 is 0. The average Bonchev–Trinajstić information content (AvgIpc) is 3.22. The van der Waals surface area contributed by atoms with Gasteiger partial charge in [0.25, 0.3) is 0 Å². The molecule has 1 N–H and O–H groups in total. The van der Waals surface area contributed by atoms with Gasteiger partial charge in [-0.2, -0.15) is 18.4 Å². The molecule has 0 atom stereocenters. The minimum absolute atomic E-state index is 0.0195. The summed E-state index contributed by atoms with van der Waals surface area (Å²) in [6.07, 6.45) is -1.78. The van der Waals surface area contributed by atoms with Crippen molar-refractivity contribution in [2.45, 2.75) is 44.8 Å². The maximum absolute atomic E-state index is 13.8. The zero-order valence-electron chi connectivity index (χ0n) is 18.7. The molecule has 0 aromatic heterocycles. The molecule has 1 fully saturated rings. The molecule has 1 saturated heterocycles. The fraction of sp³-hybridized carbons (Fsp3) is 0.360. The number of benzene rings is 2. The number of fused-ring (bicyclic) bond motifs is 1. The largest absolute Gasteiger partial charge is 0.490 e. The van der Waals surface area contributed by atoms with Crippen LogP contribution in [0, 0.1) is 11.3 Å². The number of piperidine rings is 1. The van der Waals surface area contributed by atoms with Crippen LogP contribution < -0.4 is 4.74 Å². The van der Waals surface area contributed by atoms with Gasteiger partial charge in [0, 0.05) is 17.6 Å². The number of hydrogen-bond donors (Lipinski definition) is 1. The highest BCUT2D eigenvalue weighted by Gasteiger charge is 2.35. The summed E-state index contributed by atoms with van der Waals surface area (Å²) in [4.78, 5) is 14.2. The van der Waals surface area contributed by atoms with Gasteiger partial charge in [0.15, 0.2) is 5.78 Å². The van der Waals surface area contributed by atoms with E-state index < -0.39 is 18.8 Å². The number of rotatable bonds is 6. The van der Waals surface area contributed by atoms with Crippen molar-refractivity contribution in [3.63, 3.8) is 0 Å². The van der Waals surface area contributed by atoms with E-state index in [-0.39, 0.29) is 30.3 Å². The summed E-state index contributed by atoms with van der Waals surface area (Å²) in [6, 6.07) is 10.6. The van der Waals surface area contributed by atoms with Crippen LogP contribution in [0.25, 0.3) is 17.2 Å². The van der Waals surface area contributed by atoms with Gasteiger partial charge >= 0.3 is 13.2 Å². The molecule has 1 heterocycles. The van der Waals surface area contributed by atoms with E-state index >= 15 is 0 Å². The van der Waals surface area contributed by atoms with Gasteiger partial charge in [0.05, 0.1) is 18.1 Å². The van der Waals surface area contributed by atoms with E-state index in [0.29, 0.717) is 48.4 Å². The molecule has 34 heavy (non-hydrogen) atoms. The molecule has 0 amide bonds. The van der Waals surface area contributed by atoms with E-state index in [9.17, 15) is 23.0 Å². The number of nitriles is 1. The van der Waals surface area contributed by atoms with E-state index in [1.807, 2.05) is 10.9 Å². The maximum Gasteiger partial charge on any atom is 0.417 e. The third-order valence-corrected chi connectivity index (χ3v) is 6.37. The SMILES string of the molecule is CB(O)N1CCC(Oc2cc3c(cc2-c2ccccc2C(F)(F)F)CC(C(=O)CC#N)=C3)CC1. The Labute approximate surface area is 196 Å². The fourth-order valence-corrected chi connectivity index (χ4v) is 4.56. The number of carbonyl (C=O) groups excluding carboxylic acids is 1. The minimum atomic E-state index is -4.54. The standard InChI is InChI=1S/C25H24BF3N2O3/c1-26(33)31-10-7-19(8-11-31)34-24-15-17-13-18(23(32)6-9-30)12-16(17)14-21(24)20-4-2-3-5-22(20)25(27,28)29/h2-5,13-15,19,33H,6-8,10-12H2,1H3. The van der Waals surface area contributed by atoms with Crippen LogP contribution in [0.15, 0.2) is 42.0 Å². The van der Waals surface area contributed by atoms with Gasteiger partial charge in [-0.3, -0.25) is 4.79 Å². The van der Waals surface area contributed by atoms with Crippen LogP contribution in [0.1, 0.15) is 36.0 Å². The number of nitrogens with zero attached hydrogens (tertiary/aromatic N) is 2. The Morgan fingerprint density at radius 2 is 1.94 bits per heavy atom. The second kappa shape index (κ2) is 9.65. The molecule has 4 rings (SSSR count). The van der Waals surface area contributed by atoms with Gasteiger partial charge in [-0.25, -0.2) is 0 Å². The van der Waals surface area contributed by atoms with Gasteiger partial charge in [-0.15, -0.1) is 0 Å². The highest BCUT2D eigenvalue weighted by molar-refractivity contribution is 6.45. The number of carbonyl (C=O) groups is 1. The summed E-state index contributed by atoms with van der Waals surface area (Å²) < 4.78 is 47.7. The molecule has 5 nitrogen and oxygen atoms in total. The second-order valence-corrected chi connectivity index (χ2v) is 8.68. The van der Waals surface area contributed by atoms with Crippen LogP contribution in [0.2, 0.25) is 6.82 Å². The van der Waals surface area contributed by atoms with Crippen LogP contribution in [-0.4, -0.2) is 41.9 Å². The van der Waals surface area contributed by atoms with Crippen molar-refractivity contribution in [3.8, 4) is 22.9 Å². The van der Waals surface area contributed by atoms with Gasteiger partial charge in [-0.1, -0.05) is 18.2 Å². The molecule has 0 bridgehead atoms. The topological polar surface area (TPSA) is 73.6 Å². The number of Topliss-reactive ketones (excluding diaryl/α,β-unsaturated/α-hetero) is 1. The Balaban J connectivity index is 1.73. The highest BCUT2D eigenvalue weighted by Crippen LogP contribution is 2.43. The number of ether oxygens (including phenoxy) is 1. The molecule has 176 valence electrons. The summed E-state index contributed by atoms with van der Waals surface area (Å²) in [5, 5.41) is 18.6. The van der Waals surface area contributed by atoms with Crippen LogP contribution >= 0.6 is 0 Å². The van der Waals surface area contributed by atoms with E-state index in [1.165, 1.54) is 12.1 Å². The molecule has 2 aromatic carbocycles. The van der Waals surface area contributed by atoms with Crippen LogP contribution in [0.4, 0.5) is 13.2 Å². The number of ketones is 1. The first-order valence-electron chi connectivity index (χ1n) is 11.2. The van der Waals surface area contributed by atoms with Gasteiger partial charge in [-0.05, 0) is 73.7 Å². The Kier molecular flexibility index (Phi) is 6.83. The van der Waals surface area contributed by atoms with E-state index in [4.69, 9.17) is 10.00 Å². The predicted molar refractivity (Wildman–Crippen MR) is 123 cm³/mol. The predicted octanol–water partition coefficient (Wildman–Crippen LogP) is 4.75. The van der Waals surface area contributed by atoms with Crippen LogP contribution in [0.5, 0.6) is 5.75 Å². The first kappa shape index (κ1) is 24.1. The van der Waals surface area contributed by atoms with Crippen molar-refractivity contribution in [1.82, 2.24) is 4.81 Å². The summed E-state index contributed by atoms with van der Waals surface area (Å²) in [5.74, 6) is 0.0417. The smallest absolute Gasteiger partial charge is 0.417 e. The molecular weight excluding hydrogens is 444 g/mol. The Bertz CT molecular complexity index is 1160. The minimum Gasteiger partial charge on any atom is -0.490 e. The van der Waals surface area contributed by atoms with E-state index in [2.05, 4.69) is 0 Å².